The van der Waals surface area contributed by atoms with Crippen molar-refractivity contribution in [2.45, 2.75) is 32.4 Å². The van der Waals surface area contributed by atoms with Gasteiger partial charge in [-0.3, -0.25) is 0 Å². The Kier molecular flexibility index (Phi) is 5.51. The van der Waals surface area contributed by atoms with Crippen LogP contribution in [-0.4, -0.2) is 19.8 Å². The SMILES string of the molecule is CCOC(CC)C(NC)c1ccc(F)c(F)c1. The van der Waals surface area contributed by atoms with Crippen molar-refractivity contribution in [2.24, 2.45) is 0 Å². The molecule has 0 spiro atoms. The number of likely N-dealkylation sites (N-methyl/N-ethyl adjacent to an activating group) is 1. The van der Waals surface area contributed by atoms with Crippen LogP contribution in [0.25, 0.3) is 0 Å². The summed E-state index contributed by atoms with van der Waals surface area (Å²) >= 11 is 0. The Morgan fingerprint density at radius 1 is 1.24 bits per heavy atom. The van der Waals surface area contributed by atoms with Crippen molar-refractivity contribution in [3.05, 3.63) is 35.4 Å². The Morgan fingerprint density at radius 3 is 2.41 bits per heavy atom. The second-order valence-electron chi connectivity index (χ2n) is 3.84. The first kappa shape index (κ1) is 14.1. The molecular weight excluding hydrogens is 224 g/mol. The van der Waals surface area contributed by atoms with Gasteiger partial charge in [-0.15, -0.1) is 0 Å². The van der Waals surface area contributed by atoms with Gasteiger partial charge in [0, 0.05) is 6.61 Å². The van der Waals surface area contributed by atoms with Crippen LogP contribution in [-0.2, 0) is 4.74 Å². The Balaban J connectivity index is 2.95. The van der Waals surface area contributed by atoms with E-state index in [9.17, 15) is 8.78 Å². The van der Waals surface area contributed by atoms with Crippen LogP contribution in [0.5, 0.6) is 0 Å². The van der Waals surface area contributed by atoms with Crippen LogP contribution in [0.4, 0.5) is 8.78 Å². The molecule has 0 amide bonds. The van der Waals surface area contributed by atoms with Crippen LogP contribution in [0.15, 0.2) is 18.2 Å². The van der Waals surface area contributed by atoms with Gasteiger partial charge in [0.2, 0.25) is 0 Å². The fourth-order valence-corrected chi connectivity index (χ4v) is 1.94. The lowest BCUT2D eigenvalue weighted by molar-refractivity contribution is 0.0333. The van der Waals surface area contributed by atoms with E-state index in [4.69, 9.17) is 4.74 Å². The van der Waals surface area contributed by atoms with Crippen molar-refractivity contribution in [1.29, 1.82) is 0 Å². The normalized spacial score (nSPS) is 14.6. The Bertz CT molecular complexity index is 357. The summed E-state index contributed by atoms with van der Waals surface area (Å²) < 4.78 is 31.6. The first-order chi connectivity index (χ1) is 8.13. The summed E-state index contributed by atoms with van der Waals surface area (Å²) in [5.41, 5.74) is 0.701. The summed E-state index contributed by atoms with van der Waals surface area (Å²) in [7, 11) is 1.79. The molecule has 0 fully saturated rings. The van der Waals surface area contributed by atoms with Crippen molar-refractivity contribution in [3.63, 3.8) is 0 Å². The van der Waals surface area contributed by atoms with Gasteiger partial charge in [-0.25, -0.2) is 8.78 Å². The molecule has 4 heteroatoms. The highest BCUT2D eigenvalue weighted by Gasteiger charge is 2.21. The summed E-state index contributed by atoms with van der Waals surface area (Å²) in [5, 5.41) is 3.09. The number of hydrogen-bond donors (Lipinski definition) is 1. The minimum atomic E-state index is -0.826. The van der Waals surface area contributed by atoms with Gasteiger partial charge >= 0.3 is 0 Å². The topological polar surface area (TPSA) is 21.3 Å². The van der Waals surface area contributed by atoms with Crippen LogP contribution < -0.4 is 5.32 Å². The molecule has 0 saturated carbocycles. The lowest BCUT2D eigenvalue weighted by Gasteiger charge is -2.26. The summed E-state index contributed by atoms with van der Waals surface area (Å²) in [6, 6.07) is 3.82. The molecule has 0 radical (unpaired) electrons. The van der Waals surface area contributed by atoms with Crippen LogP contribution in [0, 0.1) is 11.6 Å². The van der Waals surface area contributed by atoms with E-state index >= 15 is 0 Å². The highest BCUT2D eigenvalue weighted by molar-refractivity contribution is 5.22. The number of halogens is 2. The molecule has 96 valence electrons. The summed E-state index contributed by atoms with van der Waals surface area (Å²) in [6.07, 6.45) is 0.757. The van der Waals surface area contributed by atoms with E-state index in [2.05, 4.69) is 5.32 Å². The molecule has 2 nitrogen and oxygen atoms in total. The summed E-state index contributed by atoms with van der Waals surface area (Å²) in [4.78, 5) is 0. The number of ether oxygens (including phenoxy) is 1. The van der Waals surface area contributed by atoms with Gasteiger partial charge in [0.25, 0.3) is 0 Å². The maximum absolute atomic E-state index is 13.2. The molecule has 0 aliphatic rings. The average Bonchev–Trinajstić information content (AvgIpc) is 2.33. The summed E-state index contributed by atoms with van der Waals surface area (Å²) in [6.45, 7) is 4.52. The van der Waals surface area contributed by atoms with Gasteiger partial charge in [-0.1, -0.05) is 13.0 Å². The van der Waals surface area contributed by atoms with Crippen molar-refractivity contribution < 1.29 is 13.5 Å². The fourth-order valence-electron chi connectivity index (χ4n) is 1.94. The molecule has 0 heterocycles. The van der Waals surface area contributed by atoms with E-state index in [0.29, 0.717) is 12.2 Å². The first-order valence-electron chi connectivity index (χ1n) is 5.87. The lowest BCUT2D eigenvalue weighted by atomic mass is 9.99. The molecule has 2 atom stereocenters. The molecule has 0 saturated heterocycles. The van der Waals surface area contributed by atoms with Crippen molar-refractivity contribution in [3.8, 4) is 0 Å². The highest BCUT2D eigenvalue weighted by Crippen LogP contribution is 2.23. The Morgan fingerprint density at radius 2 is 1.94 bits per heavy atom. The molecule has 17 heavy (non-hydrogen) atoms. The number of rotatable bonds is 6. The Hall–Kier alpha value is -1.00. The number of benzene rings is 1. The molecule has 0 aliphatic heterocycles. The monoisotopic (exact) mass is 243 g/mol. The third-order valence-corrected chi connectivity index (χ3v) is 2.77. The first-order valence-corrected chi connectivity index (χ1v) is 5.87. The Labute approximate surface area is 101 Å². The third-order valence-electron chi connectivity index (χ3n) is 2.77. The summed E-state index contributed by atoms with van der Waals surface area (Å²) in [5.74, 6) is -1.65. The van der Waals surface area contributed by atoms with E-state index in [1.807, 2.05) is 13.8 Å². The largest absolute Gasteiger partial charge is 0.377 e. The molecule has 0 aliphatic carbocycles. The van der Waals surface area contributed by atoms with Crippen LogP contribution in [0.3, 0.4) is 0 Å². The standard InChI is InChI=1S/C13H19F2NO/c1-4-12(17-5-2)13(16-3)9-6-7-10(14)11(15)8-9/h6-8,12-13,16H,4-5H2,1-3H3. The maximum atomic E-state index is 13.2. The van der Waals surface area contributed by atoms with Gasteiger partial charge in [0.05, 0.1) is 12.1 Å². The van der Waals surface area contributed by atoms with Crippen molar-refractivity contribution in [2.75, 3.05) is 13.7 Å². The van der Waals surface area contributed by atoms with Crippen LogP contribution >= 0.6 is 0 Å². The van der Waals surface area contributed by atoms with E-state index in [0.717, 1.165) is 12.5 Å². The van der Waals surface area contributed by atoms with Gasteiger partial charge in [-0.2, -0.15) is 0 Å². The van der Waals surface area contributed by atoms with Gasteiger partial charge in [0.1, 0.15) is 0 Å². The van der Waals surface area contributed by atoms with E-state index in [-0.39, 0.29) is 12.1 Å². The molecule has 0 bridgehead atoms. The highest BCUT2D eigenvalue weighted by atomic mass is 19.2. The zero-order valence-electron chi connectivity index (χ0n) is 10.5. The predicted octanol–water partition coefficient (Wildman–Crippen LogP) is 3.04. The minimum absolute atomic E-state index is 0.0464. The molecular formula is C13H19F2NO. The van der Waals surface area contributed by atoms with Crippen molar-refractivity contribution >= 4 is 0 Å². The third kappa shape index (κ3) is 3.48. The maximum Gasteiger partial charge on any atom is 0.159 e. The predicted molar refractivity (Wildman–Crippen MR) is 63.9 cm³/mol. The zero-order chi connectivity index (χ0) is 12.8. The molecule has 1 rings (SSSR count). The molecule has 1 N–H and O–H groups in total. The average molecular weight is 243 g/mol. The molecule has 0 aromatic heterocycles. The van der Waals surface area contributed by atoms with Gasteiger partial charge in [-0.05, 0) is 38.1 Å². The van der Waals surface area contributed by atoms with Gasteiger partial charge in [0.15, 0.2) is 11.6 Å². The number of hydrogen-bond acceptors (Lipinski definition) is 2. The van der Waals surface area contributed by atoms with Crippen molar-refractivity contribution in [1.82, 2.24) is 5.32 Å². The van der Waals surface area contributed by atoms with E-state index in [1.54, 1.807) is 13.1 Å². The minimum Gasteiger partial charge on any atom is -0.377 e. The molecule has 1 aromatic carbocycles. The smallest absolute Gasteiger partial charge is 0.159 e. The zero-order valence-corrected chi connectivity index (χ0v) is 10.5. The van der Waals surface area contributed by atoms with Crippen LogP contribution in [0.1, 0.15) is 31.9 Å². The second kappa shape index (κ2) is 6.67. The van der Waals surface area contributed by atoms with E-state index in [1.165, 1.54) is 6.07 Å². The lowest BCUT2D eigenvalue weighted by Crippen LogP contribution is -2.31. The molecule has 2 unspecified atom stereocenters. The molecule has 1 aromatic rings. The second-order valence-corrected chi connectivity index (χ2v) is 3.84. The quantitative estimate of drug-likeness (QED) is 0.829. The fraction of sp³-hybridized carbons (Fsp3) is 0.538. The van der Waals surface area contributed by atoms with E-state index < -0.39 is 11.6 Å². The van der Waals surface area contributed by atoms with Crippen LogP contribution in [0.2, 0.25) is 0 Å². The number of nitrogens with one attached hydrogen (secondary N) is 1. The van der Waals surface area contributed by atoms with Gasteiger partial charge < -0.3 is 10.1 Å².